The first-order valence-corrected chi connectivity index (χ1v) is 8.40. The quantitative estimate of drug-likeness (QED) is 0.523. The van der Waals surface area contributed by atoms with Crippen molar-refractivity contribution < 1.29 is 42.8 Å². The number of ether oxygens (including phenoxy) is 1. The molecule has 2 aromatic rings. The monoisotopic (exact) mass is 368 g/mol. The van der Waals surface area contributed by atoms with E-state index in [0.717, 1.165) is 5.56 Å². The van der Waals surface area contributed by atoms with Gasteiger partial charge in [0.25, 0.3) is 0 Å². The molecule has 2 rings (SSSR count). The van der Waals surface area contributed by atoms with Crippen LogP contribution in [0.3, 0.4) is 0 Å². The van der Waals surface area contributed by atoms with Gasteiger partial charge < -0.3 is 4.74 Å². The highest BCUT2D eigenvalue weighted by atomic mass is 35.7. The Hall–Kier alpha value is -2.29. The Morgan fingerprint density at radius 1 is 1.08 bits per heavy atom. The van der Waals surface area contributed by atoms with Gasteiger partial charge in [-0.1, -0.05) is 30.3 Å². The van der Waals surface area contributed by atoms with Crippen molar-refractivity contribution in [3.63, 3.8) is 0 Å². The normalized spacial score (nSPS) is 11.0. The van der Waals surface area contributed by atoms with Crippen molar-refractivity contribution in [2.24, 2.45) is 0 Å². The first kappa shape index (κ1) is 20.8. The van der Waals surface area contributed by atoms with Crippen LogP contribution in [0.25, 0.3) is 12.2 Å². The van der Waals surface area contributed by atoms with Crippen molar-refractivity contribution in [2.75, 3.05) is 6.61 Å². The molecule has 7 nitrogen and oxygen atoms in total. The zero-order chi connectivity index (χ0) is 18.9. The Morgan fingerprint density at radius 2 is 1.68 bits per heavy atom. The largest absolute Gasteiger partial charge is 0.462 e. The van der Waals surface area contributed by atoms with E-state index in [4.69, 9.17) is 27.8 Å². The van der Waals surface area contributed by atoms with Crippen LogP contribution in [-0.2, 0) is 4.74 Å². The van der Waals surface area contributed by atoms with Gasteiger partial charge in [0, 0.05) is 12.1 Å². The highest BCUT2D eigenvalue weighted by Gasteiger charge is 2.20. The molecule has 0 N–H and O–H groups in total. The molecule has 1 heterocycles. The molecule has 0 unspecified atom stereocenters. The third-order valence-corrected chi connectivity index (χ3v) is 2.80. The van der Waals surface area contributed by atoms with E-state index in [-0.39, 0.29) is 5.97 Å². The van der Waals surface area contributed by atoms with E-state index in [0.29, 0.717) is 23.7 Å². The van der Waals surface area contributed by atoms with E-state index in [1.807, 2.05) is 42.5 Å². The Labute approximate surface area is 147 Å². The van der Waals surface area contributed by atoms with Crippen LogP contribution in [0.15, 0.2) is 46.9 Å². The SMILES string of the molecule is CCOC(=O)c1ccc(C=Cc2ccccc2)[o+]c1C.[O-][Cl+3]([O-])([O-])[O-]. The lowest BCUT2D eigenvalue weighted by molar-refractivity contribution is -2.00. The van der Waals surface area contributed by atoms with Gasteiger partial charge in [0.1, 0.15) is 0 Å². The Morgan fingerprint density at radius 3 is 2.20 bits per heavy atom. The van der Waals surface area contributed by atoms with Gasteiger partial charge >= 0.3 is 17.5 Å². The highest BCUT2D eigenvalue weighted by molar-refractivity contribution is 5.90. The maximum Gasteiger partial charge on any atom is 0.353 e. The second-order valence-corrected chi connectivity index (χ2v) is 5.41. The maximum absolute atomic E-state index is 11.7. The van der Waals surface area contributed by atoms with Gasteiger partial charge in [-0.2, -0.15) is 0 Å². The van der Waals surface area contributed by atoms with Gasteiger partial charge in [0.15, 0.2) is 5.56 Å². The number of esters is 1. The summed E-state index contributed by atoms with van der Waals surface area (Å²) < 4.78 is 44.5. The standard InChI is InChI=1S/C17H17O3.ClHO4/c1-3-19-17(18)16-12-11-15(20-13(16)2)10-9-14-7-5-4-6-8-14;2-1(3,4)5/h4-12H,3H2,1-2H3;(H,2,3,4,5)/q+1;/p-1. The second-order valence-electron chi connectivity index (χ2n) is 4.65. The van der Waals surface area contributed by atoms with E-state index in [2.05, 4.69) is 0 Å². The van der Waals surface area contributed by atoms with E-state index >= 15 is 0 Å². The molecule has 0 saturated carbocycles. The van der Waals surface area contributed by atoms with Crippen molar-refractivity contribution in [1.82, 2.24) is 0 Å². The van der Waals surface area contributed by atoms with Crippen molar-refractivity contribution >= 4 is 18.1 Å². The van der Waals surface area contributed by atoms with Crippen LogP contribution in [-0.4, -0.2) is 12.6 Å². The van der Waals surface area contributed by atoms with Gasteiger partial charge in [-0.3, -0.25) is 0 Å². The summed E-state index contributed by atoms with van der Waals surface area (Å²) in [6.45, 7) is 3.89. The van der Waals surface area contributed by atoms with Crippen LogP contribution in [0, 0.1) is 17.2 Å². The van der Waals surface area contributed by atoms with Crippen LogP contribution in [0.5, 0.6) is 0 Å². The summed E-state index contributed by atoms with van der Waals surface area (Å²) in [6, 6.07) is 13.4. The van der Waals surface area contributed by atoms with E-state index in [1.165, 1.54) is 0 Å². The van der Waals surface area contributed by atoms with E-state index in [1.54, 1.807) is 26.0 Å². The van der Waals surface area contributed by atoms with Crippen molar-refractivity contribution in [3.8, 4) is 0 Å². The maximum atomic E-state index is 11.7. The Balaban J connectivity index is 0.000000550. The molecule has 0 spiro atoms. The molecular weight excluding hydrogens is 352 g/mol. The molecule has 8 heteroatoms. The number of hydrogen-bond acceptors (Lipinski definition) is 6. The molecule has 0 bridgehead atoms. The van der Waals surface area contributed by atoms with Gasteiger partial charge in [-0.15, -0.1) is 10.2 Å². The fourth-order valence-corrected chi connectivity index (χ4v) is 1.80. The molecule has 0 atom stereocenters. The van der Waals surface area contributed by atoms with Crippen LogP contribution < -0.4 is 18.6 Å². The van der Waals surface area contributed by atoms with Crippen LogP contribution in [0.1, 0.15) is 34.4 Å². The fourth-order valence-electron chi connectivity index (χ4n) is 1.80. The predicted molar refractivity (Wildman–Crippen MR) is 79.2 cm³/mol. The Kier molecular flexibility index (Phi) is 8.20. The molecule has 25 heavy (non-hydrogen) atoms. The van der Waals surface area contributed by atoms with Gasteiger partial charge in [0.2, 0.25) is 0 Å². The van der Waals surface area contributed by atoms with Gasteiger partial charge in [-0.25, -0.2) is 27.8 Å². The van der Waals surface area contributed by atoms with Crippen molar-refractivity contribution in [3.05, 3.63) is 65.1 Å². The summed E-state index contributed by atoms with van der Waals surface area (Å²) in [5.41, 5.74) is 1.55. The van der Waals surface area contributed by atoms with E-state index in [9.17, 15) is 4.79 Å². The zero-order valence-electron chi connectivity index (χ0n) is 13.6. The summed E-state index contributed by atoms with van der Waals surface area (Å²) in [5.74, 6) is 0.894. The smallest absolute Gasteiger partial charge is 0.353 e. The third kappa shape index (κ3) is 8.94. The predicted octanol–water partition coefficient (Wildman–Crippen LogP) is -0.540. The molecule has 0 aliphatic rings. The molecule has 134 valence electrons. The molecule has 0 radical (unpaired) electrons. The molecule has 0 saturated heterocycles. The summed E-state index contributed by atoms with van der Waals surface area (Å²) in [4.78, 5) is 11.7. The third-order valence-electron chi connectivity index (χ3n) is 2.80. The molecule has 1 aromatic heterocycles. The van der Waals surface area contributed by atoms with Gasteiger partial charge in [-0.05, 0) is 24.6 Å². The number of hydrogen-bond donors (Lipinski definition) is 0. The lowest BCUT2D eigenvalue weighted by atomic mass is 10.2. The number of rotatable bonds is 4. The lowest BCUT2D eigenvalue weighted by Crippen LogP contribution is -2.68. The lowest BCUT2D eigenvalue weighted by Gasteiger charge is -2.17. The minimum absolute atomic E-state index is 0.354. The van der Waals surface area contributed by atoms with Crippen LogP contribution in [0.2, 0.25) is 0 Å². The number of benzene rings is 1. The molecule has 0 aliphatic heterocycles. The molecule has 0 fully saturated rings. The first-order chi connectivity index (χ1) is 11.7. The summed E-state index contributed by atoms with van der Waals surface area (Å²) in [6.07, 6.45) is 3.83. The molecule has 0 aliphatic carbocycles. The molecule has 0 amide bonds. The first-order valence-electron chi connectivity index (χ1n) is 7.16. The average molecular weight is 369 g/mol. The van der Waals surface area contributed by atoms with Crippen LogP contribution >= 0.6 is 0 Å². The number of halogens is 1. The number of aryl methyl sites for hydroxylation is 1. The minimum Gasteiger partial charge on any atom is -0.462 e. The van der Waals surface area contributed by atoms with Crippen molar-refractivity contribution in [2.45, 2.75) is 13.8 Å². The van der Waals surface area contributed by atoms with Crippen LogP contribution in [0.4, 0.5) is 0 Å². The van der Waals surface area contributed by atoms with Gasteiger partial charge in [0.05, 0.1) is 13.5 Å². The van der Waals surface area contributed by atoms with E-state index < -0.39 is 10.2 Å². The molecule has 1 aromatic carbocycles. The van der Waals surface area contributed by atoms with Crippen molar-refractivity contribution in [1.29, 1.82) is 0 Å². The molecular formula is C17H17ClO7. The number of carbonyl (C=O) groups excluding carboxylic acids is 1. The number of carbonyl (C=O) groups is 1. The fraction of sp³-hybridized carbons (Fsp3) is 0.176. The topological polar surface area (TPSA) is 130 Å². The summed E-state index contributed by atoms with van der Waals surface area (Å²) >= 11 is 0. The minimum atomic E-state index is -4.94. The summed E-state index contributed by atoms with van der Waals surface area (Å²) in [7, 11) is -4.94. The summed E-state index contributed by atoms with van der Waals surface area (Å²) in [5, 5.41) is 0. The Bertz CT molecular complexity index is 703. The zero-order valence-corrected chi connectivity index (χ0v) is 14.4. The highest BCUT2D eigenvalue weighted by Crippen LogP contribution is 2.15. The average Bonchev–Trinajstić information content (AvgIpc) is 2.52. The second kappa shape index (κ2) is 9.87.